The Hall–Kier alpha value is -2.81. The highest BCUT2D eigenvalue weighted by Gasteiger charge is 2.38. The van der Waals surface area contributed by atoms with E-state index in [0.29, 0.717) is 37.9 Å². The van der Waals surface area contributed by atoms with Crippen molar-refractivity contribution in [3.05, 3.63) is 53.7 Å². The quantitative estimate of drug-likeness (QED) is 0.795. The van der Waals surface area contributed by atoms with Crippen LogP contribution in [0.25, 0.3) is 0 Å². The van der Waals surface area contributed by atoms with E-state index in [4.69, 9.17) is 4.42 Å². The molecule has 0 spiro atoms. The van der Waals surface area contributed by atoms with E-state index < -0.39 is 29.3 Å². The zero-order chi connectivity index (χ0) is 19.4. The number of amides is 2. The largest absolute Gasteiger partial charge is 0.468 e. The fourth-order valence-corrected chi connectivity index (χ4v) is 3.19. The van der Waals surface area contributed by atoms with E-state index in [1.54, 1.807) is 18.4 Å². The molecule has 1 fully saturated rings. The zero-order valence-corrected chi connectivity index (χ0v) is 14.7. The minimum atomic E-state index is -1.03. The summed E-state index contributed by atoms with van der Waals surface area (Å²) < 4.78 is 32.1. The lowest BCUT2D eigenvalue weighted by molar-refractivity contribution is -0.125. The number of halogens is 2. The van der Waals surface area contributed by atoms with Crippen LogP contribution in [0.1, 0.15) is 29.6 Å². The Balaban J connectivity index is 1.70. The standard InChI is InChI=1S/C18H20F2N4O3/c1-2-21-17(25)15-7-12(9-24(15)10-13-4-3-5-27-13)23-18(26)16-14(20)6-11(19)8-22-16/h3-6,8,12,15H,2,7,9-10H2,1H3,(H,21,25)(H,23,26)/t12-,15+/m1/s1. The Morgan fingerprint density at radius 3 is 2.89 bits per heavy atom. The highest BCUT2D eigenvalue weighted by molar-refractivity contribution is 5.92. The van der Waals surface area contributed by atoms with Crippen molar-refractivity contribution in [2.24, 2.45) is 0 Å². The second-order valence-corrected chi connectivity index (χ2v) is 6.31. The predicted molar refractivity (Wildman–Crippen MR) is 91.6 cm³/mol. The van der Waals surface area contributed by atoms with Crippen LogP contribution in [0, 0.1) is 11.6 Å². The van der Waals surface area contributed by atoms with E-state index in [0.717, 1.165) is 6.20 Å². The van der Waals surface area contributed by atoms with Gasteiger partial charge in [-0.1, -0.05) is 0 Å². The molecule has 0 aliphatic carbocycles. The van der Waals surface area contributed by atoms with Crippen LogP contribution in [0.2, 0.25) is 0 Å². The van der Waals surface area contributed by atoms with E-state index >= 15 is 0 Å². The summed E-state index contributed by atoms with van der Waals surface area (Å²) in [5, 5.41) is 5.46. The molecule has 0 bridgehead atoms. The molecule has 9 heteroatoms. The molecule has 1 aliphatic heterocycles. The molecule has 1 saturated heterocycles. The van der Waals surface area contributed by atoms with Crippen LogP contribution in [-0.2, 0) is 11.3 Å². The molecule has 0 aromatic carbocycles. The number of nitrogens with one attached hydrogen (secondary N) is 2. The van der Waals surface area contributed by atoms with Crippen LogP contribution < -0.4 is 10.6 Å². The summed E-state index contributed by atoms with van der Waals surface area (Å²) in [4.78, 5) is 30.1. The van der Waals surface area contributed by atoms with Gasteiger partial charge in [-0.3, -0.25) is 14.5 Å². The van der Waals surface area contributed by atoms with Crippen LogP contribution in [0.4, 0.5) is 8.78 Å². The molecule has 144 valence electrons. The van der Waals surface area contributed by atoms with Crippen molar-refractivity contribution in [3.8, 4) is 0 Å². The summed E-state index contributed by atoms with van der Waals surface area (Å²) in [6, 6.07) is 3.34. The lowest BCUT2D eigenvalue weighted by Gasteiger charge is -2.22. The van der Waals surface area contributed by atoms with Gasteiger partial charge in [0, 0.05) is 25.2 Å². The van der Waals surface area contributed by atoms with Gasteiger partial charge >= 0.3 is 0 Å². The smallest absolute Gasteiger partial charge is 0.273 e. The molecule has 2 aromatic heterocycles. The number of pyridine rings is 1. The highest BCUT2D eigenvalue weighted by Crippen LogP contribution is 2.22. The molecule has 0 radical (unpaired) electrons. The van der Waals surface area contributed by atoms with Gasteiger partial charge in [0.25, 0.3) is 5.91 Å². The number of carbonyl (C=O) groups is 2. The summed E-state index contributed by atoms with van der Waals surface area (Å²) >= 11 is 0. The van der Waals surface area contributed by atoms with Crippen LogP contribution >= 0.6 is 0 Å². The van der Waals surface area contributed by atoms with Gasteiger partial charge < -0.3 is 15.1 Å². The summed E-state index contributed by atoms with van der Waals surface area (Å²) in [7, 11) is 0. The Kier molecular flexibility index (Phi) is 5.80. The number of likely N-dealkylation sites (tertiary alicyclic amines) is 1. The summed E-state index contributed by atoms with van der Waals surface area (Å²) in [6.45, 7) is 3.11. The van der Waals surface area contributed by atoms with Crippen molar-refractivity contribution in [3.63, 3.8) is 0 Å². The summed E-state index contributed by atoms with van der Waals surface area (Å²) in [5.41, 5.74) is -0.476. The number of aromatic nitrogens is 1. The number of carbonyl (C=O) groups excluding carboxylic acids is 2. The van der Waals surface area contributed by atoms with Crippen LogP contribution in [-0.4, -0.2) is 46.9 Å². The van der Waals surface area contributed by atoms with Gasteiger partial charge in [-0.05, 0) is 25.5 Å². The Bertz CT molecular complexity index is 813. The van der Waals surface area contributed by atoms with Gasteiger partial charge in [-0.15, -0.1) is 0 Å². The number of nitrogens with zero attached hydrogens (tertiary/aromatic N) is 2. The fraction of sp³-hybridized carbons (Fsp3) is 0.389. The van der Waals surface area contributed by atoms with Gasteiger partial charge in [-0.25, -0.2) is 13.8 Å². The number of furan rings is 1. The Labute approximate surface area is 154 Å². The normalized spacial score (nSPS) is 19.8. The lowest BCUT2D eigenvalue weighted by Crippen LogP contribution is -2.42. The fourth-order valence-electron chi connectivity index (χ4n) is 3.19. The molecule has 0 saturated carbocycles. The number of hydrogen-bond acceptors (Lipinski definition) is 5. The van der Waals surface area contributed by atoms with E-state index in [9.17, 15) is 18.4 Å². The predicted octanol–water partition coefficient (Wildman–Crippen LogP) is 1.46. The first kappa shape index (κ1) is 19.0. The molecule has 2 atom stereocenters. The monoisotopic (exact) mass is 378 g/mol. The molecule has 0 unspecified atom stereocenters. The van der Waals surface area contributed by atoms with Crippen molar-refractivity contribution in [2.45, 2.75) is 32.0 Å². The molecule has 2 N–H and O–H groups in total. The van der Waals surface area contributed by atoms with E-state index in [1.165, 1.54) is 0 Å². The first-order chi connectivity index (χ1) is 13.0. The van der Waals surface area contributed by atoms with Crippen LogP contribution in [0.15, 0.2) is 35.1 Å². The average molecular weight is 378 g/mol. The van der Waals surface area contributed by atoms with Crippen LogP contribution in [0.3, 0.4) is 0 Å². The van der Waals surface area contributed by atoms with Gasteiger partial charge in [0.15, 0.2) is 11.5 Å². The van der Waals surface area contributed by atoms with E-state index in [-0.39, 0.29) is 11.9 Å². The van der Waals surface area contributed by atoms with Gasteiger partial charge in [0.1, 0.15) is 11.6 Å². The molecular formula is C18H20F2N4O3. The van der Waals surface area contributed by atoms with Crippen molar-refractivity contribution in [1.82, 2.24) is 20.5 Å². The summed E-state index contributed by atoms with van der Waals surface area (Å²) in [5.74, 6) is -2.08. The molecule has 2 amide bonds. The maximum absolute atomic E-state index is 13.8. The minimum Gasteiger partial charge on any atom is -0.468 e. The zero-order valence-electron chi connectivity index (χ0n) is 14.7. The van der Waals surface area contributed by atoms with Crippen molar-refractivity contribution < 1.29 is 22.8 Å². The third-order valence-corrected chi connectivity index (χ3v) is 4.35. The molecule has 3 heterocycles. The van der Waals surface area contributed by atoms with Gasteiger partial charge in [0.2, 0.25) is 5.91 Å². The van der Waals surface area contributed by atoms with E-state index in [2.05, 4.69) is 15.6 Å². The number of hydrogen-bond donors (Lipinski definition) is 2. The lowest BCUT2D eigenvalue weighted by atomic mass is 10.1. The molecule has 3 rings (SSSR count). The second-order valence-electron chi connectivity index (χ2n) is 6.31. The SMILES string of the molecule is CCNC(=O)[C@@H]1C[C@@H](NC(=O)c2ncc(F)cc2F)CN1Cc1ccco1. The van der Waals surface area contributed by atoms with Crippen molar-refractivity contribution in [1.29, 1.82) is 0 Å². The van der Waals surface area contributed by atoms with Crippen molar-refractivity contribution in [2.75, 3.05) is 13.1 Å². The third kappa shape index (κ3) is 4.48. The Morgan fingerprint density at radius 2 is 2.22 bits per heavy atom. The number of likely N-dealkylation sites (N-methyl/N-ethyl adjacent to an activating group) is 1. The number of rotatable bonds is 6. The average Bonchev–Trinajstić information content (AvgIpc) is 3.25. The highest BCUT2D eigenvalue weighted by atomic mass is 19.1. The molecule has 27 heavy (non-hydrogen) atoms. The molecular weight excluding hydrogens is 358 g/mol. The van der Waals surface area contributed by atoms with Crippen LogP contribution in [0.5, 0.6) is 0 Å². The van der Waals surface area contributed by atoms with Gasteiger partial charge in [-0.2, -0.15) is 0 Å². The summed E-state index contributed by atoms with van der Waals surface area (Å²) in [6.07, 6.45) is 2.70. The first-order valence-electron chi connectivity index (χ1n) is 8.64. The van der Waals surface area contributed by atoms with Gasteiger partial charge in [0.05, 0.1) is 25.0 Å². The molecule has 2 aromatic rings. The topological polar surface area (TPSA) is 87.5 Å². The molecule has 7 nitrogen and oxygen atoms in total. The third-order valence-electron chi connectivity index (χ3n) is 4.35. The van der Waals surface area contributed by atoms with Crippen molar-refractivity contribution >= 4 is 11.8 Å². The first-order valence-corrected chi connectivity index (χ1v) is 8.64. The second kappa shape index (κ2) is 8.26. The maximum atomic E-state index is 13.8. The Morgan fingerprint density at radius 1 is 1.41 bits per heavy atom. The minimum absolute atomic E-state index is 0.146. The molecule has 1 aliphatic rings. The maximum Gasteiger partial charge on any atom is 0.273 e. The van der Waals surface area contributed by atoms with E-state index in [1.807, 2.05) is 11.8 Å².